The number of aromatic nitrogens is 1. The van der Waals surface area contributed by atoms with Crippen molar-refractivity contribution in [3.63, 3.8) is 0 Å². The second kappa shape index (κ2) is 5.30. The summed E-state index contributed by atoms with van der Waals surface area (Å²) < 4.78 is 0. The van der Waals surface area contributed by atoms with Crippen molar-refractivity contribution < 1.29 is 0 Å². The lowest BCUT2D eigenvalue weighted by atomic mass is 10.2. The Hall–Kier alpha value is -1.37. The van der Waals surface area contributed by atoms with E-state index in [0.717, 1.165) is 18.5 Å². The van der Waals surface area contributed by atoms with Gasteiger partial charge in [0.05, 0.1) is 0 Å². The van der Waals surface area contributed by atoms with E-state index in [1.807, 2.05) is 30.5 Å². The molecule has 0 bridgehead atoms. The minimum atomic E-state index is 1.01. The first kappa shape index (κ1) is 8.72. The quantitative estimate of drug-likeness (QED) is 0.615. The third-order valence-electron chi connectivity index (χ3n) is 1.57. The number of aryl methyl sites for hydroxylation is 1. The molecule has 0 N–H and O–H groups in total. The van der Waals surface area contributed by atoms with Gasteiger partial charge in [0.15, 0.2) is 0 Å². The first-order chi connectivity index (χ1) is 5.93. The van der Waals surface area contributed by atoms with Crippen LogP contribution in [0.15, 0.2) is 49.2 Å². The second-order valence-electron chi connectivity index (χ2n) is 2.52. The number of nitrogens with zero attached hydrogens (tertiary/aromatic N) is 1. The number of allylic oxidation sites excluding steroid dienone is 3. The maximum atomic E-state index is 4.22. The van der Waals surface area contributed by atoms with Crippen molar-refractivity contribution in [3.8, 4) is 0 Å². The van der Waals surface area contributed by atoms with Crippen molar-refractivity contribution in [1.82, 2.24) is 4.98 Å². The van der Waals surface area contributed by atoms with E-state index >= 15 is 0 Å². The molecule has 1 rings (SSSR count). The van der Waals surface area contributed by atoms with E-state index in [9.17, 15) is 0 Å². The minimum absolute atomic E-state index is 1.01. The maximum absolute atomic E-state index is 4.22. The summed E-state index contributed by atoms with van der Waals surface area (Å²) in [5, 5.41) is 0. The summed E-state index contributed by atoms with van der Waals surface area (Å²) in [4.78, 5) is 4.22. The Morgan fingerprint density at radius 2 is 2.33 bits per heavy atom. The summed E-state index contributed by atoms with van der Waals surface area (Å²) in [7, 11) is 0. The highest BCUT2D eigenvalue weighted by Crippen LogP contribution is 1.98. The molecule has 1 nitrogen and oxygen atoms in total. The Labute approximate surface area is 73.5 Å². The monoisotopic (exact) mass is 159 g/mol. The largest absolute Gasteiger partial charge is 0.261 e. The zero-order valence-electron chi connectivity index (χ0n) is 7.11. The zero-order valence-corrected chi connectivity index (χ0v) is 7.11. The van der Waals surface area contributed by atoms with E-state index in [0.29, 0.717) is 0 Å². The van der Waals surface area contributed by atoms with Gasteiger partial charge >= 0.3 is 0 Å². The van der Waals surface area contributed by atoms with Crippen LogP contribution in [0.5, 0.6) is 0 Å². The van der Waals surface area contributed by atoms with E-state index in [1.54, 1.807) is 6.08 Å². The summed E-state index contributed by atoms with van der Waals surface area (Å²) in [5.74, 6) is 0. The van der Waals surface area contributed by atoms with Crippen LogP contribution >= 0.6 is 0 Å². The van der Waals surface area contributed by atoms with Crippen molar-refractivity contribution in [3.05, 3.63) is 54.9 Å². The molecule has 0 saturated heterocycles. The fourth-order valence-corrected chi connectivity index (χ4v) is 0.970. The molecule has 0 aliphatic rings. The van der Waals surface area contributed by atoms with Crippen molar-refractivity contribution in [1.29, 1.82) is 0 Å². The lowest BCUT2D eigenvalue weighted by Gasteiger charge is -1.94. The van der Waals surface area contributed by atoms with E-state index in [4.69, 9.17) is 0 Å². The molecule has 0 fully saturated rings. The molecule has 12 heavy (non-hydrogen) atoms. The molecule has 0 aliphatic carbocycles. The standard InChI is InChI=1S/C11H13N/c1-2-3-4-5-8-11-9-6-7-10-12-11/h2-4,6-7,9-10H,1,5,8H2/b4-3+. The third-order valence-corrected chi connectivity index (χ3v) is 1.57. The molecule has 0 aromatic carbocycles. The fraction of sp³-hybridized carbons (Fsp3) is 0.182. The SMILES string of the molecule is C=C/C=C/CCc1ccccn1. The van der Waals surface area contributed by atoms with Crippen LogP contribution in [0.25, 0.3) is 0 Å². The summed E-state index contributed by atoms with van der Waals surface area (Å²) in [5.41, 5.74) is 1.14. The van der Waals surface area contributed by atoms with Crippen molar-refractivity contribution in [2.24, 2.45) is 0 Å². The van der Waals surface area contributed by atoms with Crippen molar-refractivity contribution in [2.75, 3.05) is 0 Å². The van der Waals surface area contributed by atoms with Gasteiger partial charge in [-0.25, -0.2) is 0 Å². The molecule has 0 amide bonds. The number of hydrogen-bond donors (Lipinski definition) is 0. The van der Waals surface area contributed by atoms with Gasteiger partial charge in [-0.15, -0.1) is 0 Å². The molecule has 0 saturated carbocycles. The molecule has 1 aromatic heterocycles. The van der Waals surface area contributed by atoms with Crippen molar-refractivity contribution in [2.45, 2.75) is 12.8 Å². The van der Waals surface area contributed by atoms with Gasteiger partial charge in [0, 0.05) is 11.9 Å². The van der Waals surface area contributed by atoms with Crippen LogP contribution in [0.1, 0.15) is 12.1 Å². The molecular formula is C11H13N. The molecule has 1 heterocycles. The Kier molecular flexibility index (Phi) is 3.86. The van der Waals surface area contributed by atoms with Gasteiger partial charge in [-0.3, -0.25) is 4.98 Å². The average Bonchev–Trinajstić information content (AvgIpc) is 2.14. The predicted octanol–water partition coefficient (Wildman–Crippen LogP) is 2.76. The smallest absolute Gasteiger partial charge is 0.0406 e. The lowest BCUT2D eigenvalue weighted by Crippen LogP contribution is -1.86. The highest BCUT2D eigenvalue weighted by atomic mass is 14.7. The van der Waals surface area contributed by atoms with Gasteiger partial charge in [0.25, 0.3) is 0 Å². The molecule has 1 heteroatoms. The molecule has 62 valence electrons. The molecule has 0 spiro atoms. The van der Waals surface area contributed by atoms with Crippen LogP contribution in [0.2, 0.25) is 0 Å². The maximum Gasteiger partial charge on any atom is 0.0406 e. The highest BCUT2D eigenvalue weighted by molar-refractivity contribution is 5.05. The molecule has 0 unspecified atom stereocenters. The summed E-state index contributed by atoms with van der Waals surface area (Å²) in [6.45, 7) is 3.60. The summed E-state index contributed by atoms with van der Waals surface area (Å²) in [6, 6.07) is 5.99. The summed E-state index contributed by atoms with van der Waals surface area (Å²) >= 11 is 0. The van der Waals surface area contributed by atoms with Gasteiger partial charge in [-0.2, -0.15) is 0 Å². The van der Waals surface area contributed by atoms with E-state index < -0.39 is 0 Å². The third kappa shape index (κ3) is 3.15. The average molecular weight is 159 g/mol. The lowest BCUT2D eigenvalue weighted by molar-refractivity contribution is 0.944. The molecule has 0 aliphatic heterocycles. The minimum Gasteiger partial charge on any atom is -0.261 e. The van der Waals surface area contributed by atoms with Crippen LogP contribution < -0.4 is 0 Å². The van der Waals surface area contributed by atoms with E-state index in [1.165, 1.54) is 0 Å². The Morgan fingerprint density at radius 3 is 3.00 bits per heavy atom. The normalized spacial score (nSPS) is 10.3. The highest BCUT2D eigenvalue weighted by Gasteiger charge is 1.88. The van der Waals surface area contributed by atoms with Crippen LogP contribution in [0, 0.1) is 0 Å². The van der Waals surface area contributed by atoms with Crippen molar-refractivity contribution >= 4 is 0 Å². The van der Waals surface area contributed by atoms with Gasteiger partial charge in [-0.1, -0.05) is 30.9 Å². The molecule has 0 radical (unpaired) electrons. The second-order valence-corrected chi connectivity index (χ2v) is 2.52. The molecular weight excluding hydrogens is 146 g/mol. The number of rotatable bonds is 4. The molecule has 0 atom stereocenters. The van der Waals surface area contributed by atoms with Crippen LogP contribution in [-0.4, -0.2) is 4.98 Å². The van der Waals surface area contributed by atoms with Gasteiger partial charge in [0.1, 0.15) is 0 Å². The first-order valence-corrected chi connectivity index (χ1v) is 4.11. The van der Waals surface area contributed by atoms with Crippen LogP contribution in [0.3, 0.4) is 0 Å². The Morgan fingerprint density at radius 1 is 1.42 bits per heavy atom. The Bertz CT molecular complexity index is 249. The van der Waals surface area contributed by atoms with Crippen LogP contribution in [0.4, 0.5) is 0 Å². The van der Waals surface area contributed by atoms with E-state index in [2.05, 4.69) is 17.6 Å². The number of pyridine rings is 1. The van der Waals surface area contributed by atoms with Gasteiger partial charge in [-0.05, 0) is 25.0 Å². The Balaban J connectivity index is 2.33. The number of hydrogen-bond acceptors (Lipinski definition) is 1. The van der Waals surface area contributed by atoms with Crippen LogP contribution in [-0.2, 0) is 6.42 Å². The van der Waals surface area contributed by atoms with Gasteiger partial charge < -0.3 is 0 Å². The molecule has 1 aromatic rings. The van der Waals surface area contributed by atoms with Gasteiger partial charge in [0.2, 0.25) is 0 Å². The topological polar surface area (TPSA) is 12.9 Å². The van der Waals surface area contributed by atoms with E-state index in [-0.39, 0.29) is 0 Å². The fourth-order valence-electron chi connectivity index (χ4n) is 0.970. The zero-order chi connectivity index (χ0) is 8.65. The predicted molar refractivity (Wildman–Crippen MR) is 51.9 cm³/mol. The first-order valence-electron chi connectivity index (χ1n) is 4.11. The summed E-state index contributed by atoms with van der Waals surface area (Å²) in [6.07, 6.45) is 9.71.